The fourth-order valence-electron chi connectivity index (χ4n) is 4.08. The van der Waals surface area contributed by atoms with Crippen molar-refractivity contribution in [2.75, 3.05) is 0 Å². The van der Waals surface area contributed by atoms with Crippen LogP contribution >= 0.6 is 0 Å². The minimum atomic E-state index is -0.100. The predicted molar refractivity (Wildman–Crippen MR) is 123 cm³/mol. The van der Waals surface area contributed by atoms with E-state index < -0.39 is 0 Å². The monoisotopic (exact) mass is 409 g/mol. The van der Waals surface area contributed by atoms with E-state index in [1.165, 1.54) is 5.56 Å². The van der Waals surface area contributed by atoms with E-state index >= 15 is 0 Å². The summed E-state index contributed by atoms with van der Waals surface area (Å²) >= 11 is 0. The topological polar surface area (TPSA) is 40.5 Å². The minimum absolute atomic E-state index is 0.100. The molecule has 0 spiro atoms. The summed E-state index contributed by atoms with van der Waals surface area (Å²) in [5.74, 6) is 1.54. The molecule has 3 aromatic carbocycles. The number of ether oxygens (including phenoxy) is 2. The van der Waals surface area contributed by atoms with E-state index in [4.69, 9.17) is 9.47 Å². The molecule has 0 unspecified atom stereocenters. The number of para-hydroxylation sites is 1. The van der Waals surface area contributed by atoms with Crippen LogP contribution in [0.3, 0.4) is 0 Å². The Morgan fingerprint density at radius 2 is 1.77 bits per heavy atom. The number of nitrogens with zero attached hydrogens (tertiary/aromatic N) is 1. The Hall–Kier alpha value is -3.79. The highest BCUT2D eigenvalue weighted by atomic mass is 16.5. The lowest BCUT2D eigenvalue weighted by molar-refractivity contribution is 0.101. The van der Waals surface area contributed by atoms with Crippen LogP contribution in [0.4, 0.5) is 0 Å². The van der Waals surface area contributed by atoms with E-state index in [2.05, 4.69) is 35.8 Å². The third-order valence-corrected chi connectivity index (χ3v) is 5.90. The largest absolute Gasteiger partial charge is 0.488 e. The van der Waals surface area contributed by atoms with Crippen molar-refractivity contribution in [3.05, 3.63) is 100 Å². The summed E-state index contributed by atoms with van der Waals surface area (Å²) in [7, 11) is 2.00. The van der Waals surface area contributed by atoms with Gasteiger partial charge >= 0.3 is 0 Å². The Balaban J connectivity index is 1.45. The van der Waals surface area contributed by atoms with Gasteiger partial charge < -0.3 is 14.0 Å². The van der Waals surface area contributed by atoms with Crippen molar-refractivity contribution in [3.63, 3.8) is 0 Å². The first-order valence-corrected chi connectivity index (χ1v) is 10.3. The van der Waals surface area contributed by atoms with Gasteiger partial charge in [-0.15, -0.1) is 0 Å². The van der Waals surface area contributed by atoms with Crippen molar-refractivity contribution in [1.82, 2.24) is 4.57 Å². The molecule has 1 aliphatic rings. The molecule has 0 saturated carbocycles. The standard InChI is InChI=1S/C27H23NO3/c1-17-8-4-5-9-19(17)16-30-24-13-12-22-26(29)25(31-27(22)18(24)2)14-20-15-28(3)23-11-7-6-10-21(20)23/h4-15H,16H2,1-3H3. The van der Waals surface area contributed by atoms with Gasteiger partial charge in [-0.3, -0.25) is 4.79 Å². The molecule has 0 N–H and O–H groups in total. The molecule has 0 fully saturated rings. The second-order valence-electron chi connectivity index (χ2n) is 7.93. The average Bonchev–Trinajstić information content (AvgIpc) is 3.27. The normalized spacial score (nSPS) is 14.2. The van der Waals surface area contributed by atoms with Crippen molar-refractivity contribution in [2.45, 2.75) is 20.5 Å². The predicted octanol–water partition coefficient (Wildman–Crippen LogP) is 5.99. The highest BCUT2D eigenvalue weighted by Crippen LogP contribution is 2.40. The number of hydrogen-bond donors (Lipinski definition) is 0. The van der Waals surface area contributed by atoms with E-state index in [-0.39, 0.29) is 5.78 Å². The number of ketones is 1. The molecule has 154 valence electrons. The summed E-state index contributed by atoms with van der Waals surface area (Å²) in [6.07, 6.45) is 3.85. The van der Waals surface area contributed by atoms with Gasteiger partial charge in [0, 0.05) is 35.3 Å². The Labute approximate surface area is 181 Å². The van der Waals surface area contributed by atoms with Crippen molar-refractivity contribution >= 4 is 22.8 Å². The van der Waals surface area contributed by atoms with Gasteiger partial charge in [-0.1, -0.05) is 42.5 Å². The number of benzene rings is 3. The smallest absolute Gasteiger partial charge is 0.231 e. The maximum absolute atomic E-state index is 13.0. The number of hydrogen-bond acceptors (Lipinski definition) is 3. The molecular formula is C27H23NO3. The summed E-state index contributed by atoms with van der Waals surface area (Å²) in [5.41, 5.74) is 5.81. The number of rotatable bonds is 4. The van der Waals surface area contributed by atoms with Crippen LogP contribution in [0.2, 0.25) is 0 Å². The Bertz CT molecular complexity index is 1360. The molecule has 0 atom stereocenters. The lowest BCUT2D eigenvalue weighted by Gasteiger charge is -2.12. The number of aryl methyl sites for hydroxylation is 2. The van der Waals surface area contributed by atoms with E-state index in [9.17, 15) is 4.79 Å². The van der Waals surface area contributed by atoms with Crippen molar-refractivity contribution < 1.29 is 14.3 Å². The van der Waals surface area contributed by atoms with Gasteiger partial charge in [0.15, 0.2) is 5.76 Å². The highest BCUT2D eigenvalue weighted by molar-refractivity contribution is 6.15. The first-order valence-electron chi connectivity index (χ1n) is 10.3. The molecule has 1 aliphatic heterocycles. The molecule has 4 heteroatoms. The third kappa shape index (κ3) is 3.30. The summed E-state index contributed by atoms with van der Waals surface area (Å²) < 4.78 is 14.2. The van der Waals surface area contributed by atoms with Gasteiger partial charge in [0.2, 0.25) is 5.78 Å². The van der Waals surface area contributed by atoms with Crippen molar-refractivity contribution in [1.29, 1.82) is 0 Å². The van der Waals surface area contributed by atoms with Crippen LogP contribution in [0.15, 0.2) is 72.6 Å². The Morgan fingerprint density at radius 1 is 1.00 bits per heavy atom. The van der Waals surface area contributed by atoms with Gasteiger partial charge in [0.05, 0.1) is 5.56 Å². The number of carbonyl (C=O) groups excluding carboxylic acids is 1. The molecule has 0 radical (unpaired) electrons. The zero-order chi connectivity index (χ0) is 21.5. The average molecular weight is 409 g/mol. The molecule has 4 nitrogen and oxygen atoms in total. The molecule has 5 rings (SSSR count). The quantitative estimate of drug-likeness (QED) is 0.389. The maximum atomic E-state index is 13.0. The zero-order valence-corrected chi connectivity index (χ0v) is 17.8. The van der Waals surface area contributed by atoms with Crippen LogP contribution in [0.25, 0.3) is 17.0 Å². The van der Waals surface area contributed by atoms with E-state index in [0.717, 1.165) is 33.3 Å². The summed E-state index contributed by atoms with van der Waals surface area (Å²) in [6.45, 7) is 4.47. The number of fused-ring (bicyclic) bond motifs is 2. The zero-order valence-electron chi connectivity index (χ0n) is 17.8. The van der Waals surface area contributed by atoms with E-state index in [0.29, 0.717) is 23.7 Å². The minimum Gasteiger partial charge on any atom is -0.488 e. The van der Waals surface area contributed by atoms with Crippen LogP contribution in [0.1, 0.15) is 32.6 Å². The molecule has 0 saturated heterocycles. The molecule has 0 bridgehead atoms. The van der Waals surface area contributed by atoms with Crippen LogP contribution < -0.4 is 9.47 Å². The van der Waals surface area contributed by atoms with E-state index in [1.54, 1.807) is 6.07 Å². The van der Waals surface area contributed by atoms with Crippen molar-refractivity contribution in [3.8, 4) is 11.5 Å². The number of Topliss-reactive ketones (excluding diaryl/α,β-unsaturated/α-hetero) is 1. The number of carbonyl (C=O) groups is 1. The van der Waals surface area contributed by atoms with Gasteiger partial charge in [-0.25, -0.2) is 0 Å². The van der Waals surface area contributed by atoms with Crippen LogP contribution in [0, 0.1) is 13.8 Å². The molecule has 2 heterocycles. The summed E-state index contributed by atoms with van der Waals surface area (Å²) in [4.78, 5) is 13.0. The van der Waals surface area contributed by atoms with Gasteiger partial charge in [-0.05, 0) is 49.2 Å². The lowest BCUT2D eigenvalue weighted by Crippen LogP contribution is -2.00. The summed E-state index contributed by atoms with van der Waals surface area (Å²) in [6, 6.07) is 19.9. The van der Waals surface area contributed by atoms with Gasteiger partial charge in [-0.2, -0.15) is 0 Å². The van der Waals surface area contributed by atoms with Crippen LogP contribution in [-0.4, -0.2) is 10.4 Å². The van der Waals surface area contributed by atoms with Crippen LogP contribution in [-0.2, 0) is 13.7 Å². The molecule has 4 aromatic rings. The van der Waals surface area contributed by atoms with Crippen LogP contribution in [0.5, 0.6) is 11.5 Å². The van der Waals surface area contributed by atoms with Crippen molar-refractivity contribution in [2.24, 2.45) is 7.05 Å². The lowest BCUT2D eigenvalue weighted by atomic mass is 10.1. The third-order valence-electron chi connectivity index (χ3n) is 5.90. The molecule has 31 heavy (non-hydrogen) atoms. The van der Waals surface area contributed by atoms with Gasteiger partial charge in [0.1, 0.15) is 18.1 Å². The maximum Gasteiger partial charge on any atom is 0.231 e. The first kappa shape index (κ1) is 19.2. The first-order chi connectivity index (χ1) is 15.0. The summed E-state index contributed by atoms with van der Waals surface area (Å²) in [5, 5.41) is 1.09. The SMILES string of the molecule is Cc1ccccc1COc1ccc2c(c1C)OC(=Cc1cn(C)c3ccccc13)C2=O. The molecular weight excluding hydrogens is 386 g/mol. The van der Waals surface area contributed by atoms with Gasteiger partial charge in [0.25, 0.3) is 0 Å². The Morgan fingerprint density at radius 3 is 2.61 bits per heavy atom. The number of allylic oxidation sites excluding steroid dienone is 1. The number of aromatic nitrogens is 1. The second kappa shape index (κ2) is 7.47. The fraction of sp³-hybridized carbons (Fsp3) is 0.148. The molecule has 0 amide bonds. The van der Waals surface area contributed by atoms with E-state index in [1.807, 2.05) is 56.6 Å². The Kier molecular flexibility index (Phi) is 4.63. The highest BCUT2D eigenvalue weighted by Gasteiger charge is 2.30. The fourth-order valence-corrected chi connectivity index (χ4v) is 4.08. The second-order valence-corrected chi connectivity index (χ2v) is 7.93. The molecule has 0 aliphatic carbocycles. The molecule has 1 aromatic heterocycles.